The lowest BCUT2D eigenvalue weighted by molar-refractivity contribution is 0.360. The molecular weight excluding hydrogens is 198 g/mol. The van der Waals surface area contributed by atoms with Crippen molar-refractivity contribution in [1.29, 1.82) is 0 Å². The van der Waals surface area contributed by atoms with Crippen LogP contribution in [0.4, 0.5) is 0 Å². The van der Waals surface area contributed by atoms with Gasteiger partial charge >= 0.3 is 0 Å². The van der Waals surface area contributed by atoms with Crippen molar-refractivity contribution in [2.75, 3.05) is 13.2 Å². The molecule has 86 valence electrons. The van der Waals surface area contributed by atoms with Crippen molar-refractivity contribution in [3.63, 3.8) is 0 Å². The molecule has 2 nitrogen and oxygen atoms in total. The minimum absolute atomic E-state index is 0.501. The first-order valence-electron chi connectivity index (χ1n) is 5.97. The number of benzene rings is 1. The molecule has 1 saturated heterocycles. The third kappa shape index (κ3) is 2.86. The molecule has 2 rings (SSSR count). The summed E-state index contributed by atoms with van der Waals surface area (Å²) in [6, 6.07) is 8.86. The molecule has 16 heavy (non-hydrogen) atoms. The van der Waals surface area contributed by atoms with E-state index in [9.17, 15) is 0 Å². The zero-order chi connectivity index (χ0) is 11.2. The Balaban J connectivity index is 2.05. The topological polar surface area (TPSA) is 21.3 Å². The maximum absolute atomic E-state index is 5.54. The fourth-order valence-electron chi connectivity index (χ4n) is 2.11. The summed E-state index contributed by atoms with van der Waals surface area (Å²) in [6.45, 7) is 5.35. The lowest BCUT2D eigenvalue weighted by Crippen LogP contribution is -2.26. The van der Waals surface area contributed by atoms with Crippen molar-refractivity contribution in [2.45, 2.75) is 25.3 Å². The Morgan fingerprint density at radius 3 is 3.12 bits per heavy atom. The van der Waals surface area contributed by atoms with Gasteiger partial charge in [0, 0.05) is 6.04 Å². The highest BCUT2D eigenvalue weighted by atomic mass is 16.5. The lowest BCUT2D eigenvalue weighted by Gasteiger charge is -2.24. The third-order valence-electron chi connectivity index (χ3n) is 2.94. The number of nitrogens with one attached hydrogen (secondary N) is 1. The van der Waals surface area contributed by atoms with Gasteiger partial charge in [-0.15, -0.1) is 0 Å². The second-order valence-electron chi connectivity index (χ2n) is 4.17. The van der Waals surface area contributed by atoms with Gasteiger partial charge in [-0.3, -0.25) is 0 Å². The Hall–Kier alpha value is -1.28. The van der Waals surface area contributed by atoms with Crippen LogP contribution in [0, 0.1) is 0 Å². The molecule has 0 radical (unpaired) electrons. The normalized spacial score (nSPS) is 20.4. The van der Waals surface area contributed by atoms with Crippen LogP contribution in [0.2, 0.25) is 0 Å². The molecule has 0 amide bonds. The molecule has 1 aliphatic heterocycles. The summed E-state index contributed by atoms with van der Waals surface area (Å²) in [5, 5.41) is 3.54. The molecule has 0 saturated carbocycles. The molecular formula is C14H19NO. The van der Waals surface area contributed by atoms with E-state index in [1.807, 2.05) is 6.07 Å². The van der Waals surface area contributed by atoms with Crippen molar-refractivity contribution < 1.29 is 4.74 Å². The lowest BCUT2D eigenvalue weighted by atomic mass is 9.97. The van der Waals surface area contributed by atoms with Gasteiger partial charge in [0.25, 0.3) is 0 Å². The van der Waals surface area contributed by atoms with Crippen LogP contribution in [0.25, 0.3) is 0 Å². The van der Waals surface area contributed by atoms with E-state index in [4.69, 9.17) is 4.74 Å². The molecule has 1 aromatic carbocycles. The standard InChI is InChI=1S/C14H19NO/c1-2-10-16-13-7-5-6-12(11-13)14-8-3-4-9-15-14/h2,5-7,11,14-15H,1,3-4,8-10H2. The van der Waals surface area contributed by atoms with Gasteiger partial charge in [0.1, 0.15) is 12.4 Å². The zero-order valence-corrected chi connectivity index (χ0v) is 9.61. The second-order valence-corrected chi connectivity index (χ2v) is 4.17. The molecule has 1 N–H and O–H groups in total. The van der Waals surface area contributed by atoms with Crippen molar-refractivity contribution in [3.8, 4) is 5.75 Å². The van der Waals surface area contributed by atoms with E-state index >= 15 is 0 Å². The summed E-state index contributed by atoms with van der Waals surface area (Å²) in [5.74, 6) is 0.935. The van der Waals surface area contributed by atoms with Crippen LogP contribution in [0.3, 0.4) is 0 Å². The van der Waals surface area contributed by atoms with Gasteiger partial charge in [-0.25, -0.2) is 0 Å². The van der Waals surface area contributed by atoms with Crippen LogP contribution in [-0.4, -0.2) is 13.2 Å². The fraction of sp³-hybridized carbons (Fsp3) is 0.429. The van der Waals surface area contributed by atoms with Gasteiger partial charge in [-0.1, -0.05) is 31.2 Å². The minimum Gasteiger partial charge on any atom is -0.490 e. The summed E-state index contributed by atoms with van der Waals surface area (Å²) in [7, 11) is 0. The molecule has 1 atom stereocenters. The molecule has 1 unspecified atom stereocenters. The van der Waals surface area contributed by atoms with Crippen LogP contribution < -0.4 is 10.1 Å². The van der Waals surface area contributed by atoms with Crippen molar-refractivity contribution in [3.05, 3.63) is 42.5 Å². The number of hydrogen-bond acceptors (Lipinski definition) is 2. The SMILES string of the molecule is C=CCOc1cccc(C2CCCCN2)c1. The maximum atomic E-state index is 5.54. The Bertz CT molecular complexity index is 342. The highest BCUT2D eigenvalue weighted by Crippen LogP contribution is 2.25. The molecule has 0 spiro atoms. The van der Waals surface area contributed by atoms with E-state index in [0.717, 1.165) is 12.3 Å². The van der Waals surface area contributed by atoms with E-state index < -0.39 is 0 Å². The number of hydrogen-bond donors (Lipinski definition) is 1. The highest BCUT2D eigenvalue weighted by Gasteiger charge is 2.14. The smallest absolute Gasteiger partial charge is 0.120 e. The zero-order valence-electron chi connectivity index (χ0n) is 9.61. The first-order chi connectivity index (χ1) is 7.90. The molecule has 0 bridgehead atoms. The molecule has 1 fully saturated rings. The quantitative estimate of drug-likeness (QED) is 0.783. The van der Waals surface area contributed by atoms with Crippen LogP contribution in [0.1, 0.15) is 30.9 Å². The minimum atomic E-state index is 0.501. The van der Waals surface area contributed by atoms with Crippen LogP contribution >= 0.6 is 0 Å². The van der Waals surface area contributed by atoms with Gasteiger partial charge in [-0.2, -0.15) is 0 Å². The highest BCUT2D eigenvalue weighted by molar-refractivity contribution is 5.30. The van der Waals surface area contributed by atoms with E-state index in [-0.39, 0.29) is 0 Å². The van der Waals surface area contributed by atoms with Crippen molar-refractivity contribution in [1.82, 2.24) is 5.32 Å². The fourth-order valence-corrected chi connectivity index (χ4v) is 2.11. The van der Waals surface area contributed by atoms with Crippen molar-refractivity contribution in [2.24, 2.45) is 0 Å². The summed E-state index contributed by atoms with van der Waals surface area (Å²) >= 11 is 0. The molecule has 2 heteroatoms. The first kappa shape index (κ1) is 11.2. The maximum Gasteiger partial charge on any atom is 0.120 e. The van der Waals surface area contributed by atoms with Crippen LogP contribution in [0.15, 0.2) is 36.9 Å². The summed E-state index contributed by atoms with van der Waals surface area (Å²) in [5.41, 5.74) is 1.33. The Kier molecular flexibility index (Phi) is 4.00. The Morgan fingerprint density at radius 1 is 1.44 bits per heavy atom. The second kappa shape index (κ2) is 5.71. The van der Waals surface area contributed by atoms with E-state index in [2.05, 4.69) is 30.1 Å². The van der Waals surface area contributed by atoms with Gasteiger partial charge in [-0.05, 0) is 37.1 Å². The molecule has 0 aliphatic carbocycles. The number of piperidine rings is 1. The van der Waals surface area contributed by atoms with Crippen molar-refractivity contribution >= 4 is 0 Å². The van der Waals surface area contributed by atoms with Gasteiger partial charge < -0.3 is 10.1 Å². The van der Waals surface area contributed by atoms with E-state index in [1.165, 1.54) is 24.8 Å². The van der Waals surface area contributed by atoms with Gasteiger partial charge in [0.2, 0.25) is 0 Å². The van der Waals surface area contributed by atoms with Gasteiger partial charge in [0.15, 0.2) is 0 Å². The largest absolute Gasteiger partial charge is 0.490 e. The number of rotatable bonds is 4. The average molecular weight is 217 g/mol. The van der Waals surface area contributed by atoms with E-state index in [1.54, 1.807) is 6.08 Å². The first-order valence-corrected chi connectivity index (χ1v) is 5.97. The predicted octanol–water partition coefficient (Wildman–Crippen LogP) is 3.07. The summed E-state index contributed by atoms with van der Waals surface area (Å²) < 4.78 is 5.54. The van der Waals surface area contributed by atoms with E-state index in [0.29, 0.717) is 12.6 Å². The monoisotopic (exact) mass is 217 g/mol. The Labute approximate surface area is 97.3 Å². The summed E-state index contributed by atoms with van der Waals surface area (Å²) in [4.78, 5) is 0. The van der Waals surface area contributed by atoms with Gasteiger partial charge in [0.05, 0.1) is 0 Å². The average Bonchev–Trinajstić information content (AvgIpc) is 2.38. The third-order valence-corrected chi connectivity index (χ3v) is 2.94. The summed E-state index contributed by atoms with van der Waals surface area (Å²) in [6.07, 6.45) is 5.61. The van der Waals surface area contributed by atoms with Crippen LogP contribution in [-0.2, 0) is 0 Å². The molecule has 1 heterocycles. The molecule has 1 aliphatic rings. The predicted molar refractivity (Wildman–Crippen MR) is 66.7 cm³/mol. The molecule has 0 aromatic heterocycles. The Morgan fingerprint density at radius 2 is 2.38 bits per heavy atom. The number of ether oxygens (including phenoxy) is 1. The van der Waals surface area contributed by atoms with Crippen LogP contribution in [0.5, 0.6) is 5.75 Å². The molecule has 1 aromatic rings.